The smallest absolute Gasteiger partial charge is 0.407 e. The van der Waals surface area contributed by atoms with Crippen molar-refractivity contribution in [3.05, 3.63) is 95.2 Å². The van der Waals surface area contributed by atoms with Gasteiger partial charge in [-0.25, -0.2) is 14.5 Å². The van der Waals surface area contributed by atoms with Crippen LogP contribution in [0.25, 0.3) is 10.9 Å². The number of hydrogen-bond donors (Lipinski definition) is 4. The number of urea groups is 1. The van der Waals surface area contributed by atoms with Crippen LogP contribution in [0.4, 0.5) is 15.3 Å². The Kier molecular flexibility index (Phi) is 14.9. The Balaban J connectivity index is 0.845. The van der Waals surface area contributed by atoms with Gasteiger partial charge in [-0.1, -0.05) is 30.3 Å². The number of imide groups is 1. The third-order valence-corrected chi connectivity index (χ3v) is 9.56. The zero-order valence-electron chi connectivity index (χ0n) is 33.7. The second kappa shape index (κ2) is 20.4. The molecule has 16 heteroatoms. The molecule has 3 heterocycles. The highest BCUT2D eigenvalue weighted by molar-refractivity contribution is 6.22. The predicted molar refractivity (Wildman–Crippen MR) is 218 cm³/mol. The summed E-state index contributed by atoms with van der Waals surface area (Å²) >= 11 is 0. The molecule has 0 unspecified atom stereocenters. The molecule has 0 saturated carbocycles. The number of aromatic hydroxyl groups is 1. The van der Waals surface area contributed by atoms with Crippen LogP contribution >= 0.6 is 0 Å². The van der Waals surface area contributed by atoms with Gasteiger partial charge in [0.25, 0.3) is 11.8 Å². The number of hydrogen-bond acceptors (Lipinski definition) is 11. The van der Waals surface area contributed by atoms with E-state index in [0.29, 0.717) is 89.2 Å². The number of aromatic nitrogens is 1. The molecule has 4 N–H and O–H groups in total. The highest BCUT2D eigenvalue weighted by Crippen LogP contribution is 2.45. The van der Waals surface area contributed by atoms with Crippen molar-refractivity contribution in [2.45, 2.75) is 44.9 Å². The zero-order valence-corrected chi connectivity index (χ0v) is 33.7. The number of rotatable bonds is 21. The quantitative estimate of drug-likeness (QED) is 0.0675. The van der Waals surface area contributed by atoms with E-state index in [1.165, 1.54) is 4.90 Å². The van der Waals surface area contributed by atoms with Crippen LogP contribution < -0.4 is 15.5 Å². The largest absolute Gasteiger partial charge is 0.508 e. The number of anilines is 1. The normalized spacial score (nSPS) is 16.3. The number of fused-ring (bicyclic) bond motifs is 4. The molecular weight excluding hydrogens is 762 g/mol. The summed E-state index contributed by atoms with van der Waals surface area (Å²) in [7, 11) is 0. The predicted octanol–water partition coefficient (Wildman–Crippen LogP) is 4.69. The van der Waals surface area contributed by atoms with E-state index in [2.05, 4.69) is 15.6 Å². The molecular formula is C43H53N5O11. The SMILES string of the molecule is CC(C)(C)OC(=O)NCCOCCOCCOCCOCCOCCNC(=O)c1ccc(N2C(=O)[C@@H]3Cc4c([nH]c5ccccc45)[C@@H](c4cccc(O)c4)N3C2=O)cc1. The van der Waals surface area contributed by atoms with Crippen LogP contribution in [-0.2, 0) is 39.6 Å². The van der Waals surface area contributed by atoms with Gasteiger partial charge in [0.15, 0.2) is 0 Å². The van der Waals surface area contributed by atoms with E-state index in [4.69, 9.17) is 28.4 Å². The molecule has 59 heavy (non-hydrogen) atoms. The van der Waals surface area contributed by atoms with Crippen molar-refractivity contribution in [3.63, 3.8) is 0 Å². The Hall–Kier alpha value is -5.52. The molecule has 4 aromatic rings. The first-order chi connectivity index (χ1) is 28.5. The number of ether oxygens (including phenoxy) is 6. The maximum Gasteiger partial charge on any atom is 0.407 e. The average Bonchev–Trinajstić information content (AvgIpc) is 3.70. The highest BCUT2D eigenvalue weighted by atomic mass is 16.6. The number of phenols is 1. The number of phenolic OH excluding ortho intramolecular Hbond substituents is 1. The van der Waals surface area contributed by atoms with E-state index < -0.39 is 29.8 Å². The molecule has 16 nitrogen and oxygen atoms in total. The van der Waals surface area contributed by atoms with Crippen LogP contribution in [0, 0.1) is 0 Å². The average molecular weight is 816 g/mol. The lowest BCUT2D eigenvalue weighted by Gasteiger charge is -2.36. The fourth-order valence-electron chi connectivity index (χ4n) is 6.98. The number of alkyl carbamates (subject to hydrolysis) is 1. The second-order valence-corrected chi connectivity index (χ2v) is 14.9. The van der Waals surface area contributed by atoms with Crippen LogP contribution in [-0.4, -0.2) is 130 Å². The monoisotopic (exact) mass is 815 g/mol. The van der Waals surface area contributed by atoms with Gasteiger partial charge < -0.3 is 49.1 Å². The molecule has 0 aliphatic carbocycles. The molecule has 1 saturated heterocycles. The Morgan fingerprint density at radius 3 is 1.97 bits per heavy atom. The molecule has 5 amide bonds. The lowest BCUT2D eigenvalue weighted by molar-refractivity contribution is -0.120. The summed E-state index contributed by atoms with van der Waals surface area (Å²) < 4.78 is 32.6. The number of carbonyl (C=O) groups is 4. The van der Waals surface area contributed by atoms with Gasteiger partial charge in [0.1, 0.15) is 23.4 Å². The molecule has 0 bridgehead atoms. The van der Waals surface area contributed by atoms with Gasteiger partial charge in [0.05, 0.1) is 71.8 Å². The van der Waals surface area contributed by atoms with Crippen LogP contribution in [0.15, 0.2) is 72.8 Å². The van der Waals surface area contributed by atoms with Crippen molar-refractivity contribution in [2.75, 3.05) is 84.1 Å². The standard InChI is InChI=1S/C43H53N5O11/c1-43(2,3)59-41(52)45-16-18-55-20-22-57-24-26-58-25-23-56-21-19-54-17-15-44-39(50)29-11-13-31(14-12-29)47-40(51)36-28-34-33-9-4-5-10-35(33)46-37(34)38(48(36)42(47)53)30-7-6-8-32(49)27-30/h4-14,27,36,38,46,49H,15-26,28H2,1-3H3,(H,44,50)(H,45,52)/t36-,38+/m0/s1. The van der Waals surface area contributed by atoms with Gasteiger partial charge in [0.2, 0.25) is 0 Å². The lowest BCUT2D eigenvalue weighted by atomic mass is 9.89. The van der Waals surface area contributed by atoms with Gasteiger partial charge in [-0.15, -0.1) is 0 Å². The van der Waals surface area contributed by atoms with Crippen molar-refractivity contribution in [3.8, 4) is 5.75 Å². The second-order valence-electron chi connectivity index (χ2n) is 14.9. The van der Waals surface area contributed by atoms with Gasteiger partial charge in [0, 0.05) is 41.7 Å². The summed E-state index contributed by atoms with van der Waals surface area (Å²) in [5, 5.41) is 16.8. The van der Waals surface area contributed by atoms with Crippen molar-refractivity contribution in [2.24, 2.45) is 0 Å². The molecule has 2 aliphatic rings. The van der Waals surface area contributed by atoms with Crippen LogP contribution in [0.2, 0.25) is 0 Å². The van der Waals surface area contributed by atoms with Crippen LogP contribution in [0.5, 0.6) is 5.75 Å². The highest BCUT2D eigenvalue weighted by Gasteiger charge is 2.53. The van der Waals surface area contributed by atoms with E-state index in [-0.39, 0.29) is 30.7 Å². The fourth-order valence-corrected chi connectivity index (χ4v) is 6.98. The van der Waals surface area contributed by atoms with E-state index in [1.54, 1.807) is 68.1 Å². The third-order valence-electron chi connectivity index (χ3n) is 9.56. The zero-order chi connectivity index (χ0) is 41.8. The molecule has 0 spiro atoms. The van der Waals surface area contributed by atoms with Crippen molar-refractivity contribution < 1.29 is 52.7 Å². The summed E-state index contributed by atoms with van der Waals surface area (Å²) in [4.78, 5) is 58.7. The molecule has 1 fully saturated rings. The molecule has 316 valence electrons. The minimum Gasteiger partial charge on any atom is -0.508 e. The van der Waals surface area contributed by atoms with Gasteiger partial charge in [-0.3, -0.25) is 14.5 Å². The van der Waals surface area contributed by atoms with Crippen molar-refractivity contribution >= 4 is 40.5 Å². The third kappa shape index (κ3) is 11.4. The van der Waals surface area contributed by atoms with E-state index >= 15 is 0 Å². The number of para-hydroxylation sites is 1. The number of aromatic amines is 1. The van der Waals surface area contributed by atoms with Gasteiger partial charge in [-0.2, -0.15) is 0 Å². The number of amides is 5. The molecule has 1 aromatic heterocycles. The summed E-state index contributed by atoms with van der Waals surface area (Å²) in [6.07, 6.45) is -0.132. The van der Waals surface area contributed by atoms with Crippen LogP contribution in [0.3, 0.4) is 0 Å². The molecule has 2 atom stereocenters. The number of H-pyrrole nitrogens is 1. The number of benzene rings is 3. The summed E-state index contributed by atoms with van der Waals surface area (Å²) in [5.74, 6) is -0.606. The maximum atomic E-state index is 14.1. The number of nitrogens with zero attached hydrogens (tertiary/aromatic N) is 2. The Bertz CT molecular complexity index is 2050. The van der Waals surface area contributed by atoms with Crippen molar-refractivity contribution in [1.82, 2.24) is 20.5 Å². The lowest BCUT2D eigenvalue weighted by Crippen LogP contribution is -2.44. The van der Waals surface area contributed by atoms with Gasteiger partial charge in [-0.05, 0) is 74.4 Å². The Morgan fingerprint density at radius 2 is 1.36 bits per heavy atom. The van der Waals surface area contributed by atoms with Gasteiger partial charge >= 0.3 is 12.1 Å². The maximum absolute atomic E-state index is 14.1. The molecule has 3 aromatic carbocycles. The number of carbonyl (C=O) groups excluding carboxylic acids is 4. The summed E-state index contributed by atoms with van der Waals surface area (Å²) in [5.41, 5.74) is 3.57. The first-order valence-corrected chi connectivity index (χ1v) is 19.8. The number of nitrogens with one attached hydrogen (secondary N) is 3. The van der Waals surface area contributed by atoms with E-state index in [9.17, 15) is 24.3 Å². The first-order valence-electron chi connectivity index (χ1n) is 19.8. The fraction of sp³-hybridized carbons (Fsp3) is 0.442. The molecule has 6 rings (SSSR count). The summed E-state index contributed by atoms with van der Waals surface area (Å²) in [6, 6.07) is 19.1. The molecule has 0 radical (unpaired) electrons. The topological polar surface area (TPSA) is 190 Å². The Labute approximate surface area is 343 Å². The Morgan fingerprint density at radius 1 is 0.763 bits per heavy atom. The van der Waals surface area contributed by atoms with Crippen LogP contribution in [0.1, 0.15) is 54.0 Å². The van der Waals surface area contributed by atoms with E-state index in [0.717, 1.165) is 22.2 Å². The molecule has 2 aliphatic heterocycles. The van der Waals surface area contributed by atoms with E-state index in [1.807, 2.05) is 30.3 Å². The first kappa shape index (κ1) is 43.1. The van der Waals surface area contributed by atoms with Crippen molar-refractivity contribution in [1.29, 1.82) is 0 Å². The minimum absolute atomic E-state index is 0.0625. The minimum atomic E-state index is -0.749. The summed E-state index contributed by atoms with van der Waals surface area (Å²) in [6.45, 7) is 9.89.